The lowest BCUT2D eigenvalue weighted by Gasteiger charge is -2.26. The van der Waals surface area contributed by atoms with Crippen LogP contribution in [0.4, 0.5) is 10.1 Å². The summed E-state index contributed by atoms with van der Waals surface area (Å²) in [6.07, 6.45) is 4.37. The van der Waals surface area contributed by atoms with Crippen LogP contribution in [0.5, 0.6) is 0 Å². The average Bonchev–Trinajstić information content (AvgIpc) is 3.25. The van der Waals surface area contributed by atoms with Gasteiger partial charge in [0.15, 0.2) is 11.5 Å². The summed E-state index contributed by atoms with van der Waals surface area (Å²) in [4.78, 5) is 21.6. The highest BCUT2D eigenvalue weighted by atomic mass is 19.1. The highest BCUT2D eigenvalue weighted by Crippen LogP contribution is 2.24. The molecule has 10 nitrogen and oxygen atoms in total. The van der Waals surface area contributed by atoms with Crippen LogP contribution in [0.1, 0.15) is 42.6 Å². The van der Waals surface area contributed by atoms with E-state index in [1.165, 1.54) is 30.9 Å². The minimum Gasteiger partial charge on any atom is -0.387 e. The van der Waals surface area contributed by atoms with Gasteiger partial charge in [-0.15, -0.1) is 0 Å². The second-order valence-electron chi connectivity index (χ2n) is 8.76. The normalized spacial score (nSPS) is 15.6. The van der Waals surface area contributed by atoms with Crippen LogP contribution in [0.15, 0.2) is 30.7 Å². The Morgan fingerprint density at radius 1 is 1.32 bits per heavy atom. The summed E-state index contributed by atoms with van der Waals surface area (Å²) < 4.78 is 21.1. The number of hydrogen-bond acceptors (Lipinski definition) is 8. The number of pyridine rings is 2. The smallest absolute Gasteiger partial charge is 0.255 e. The Balaban J connectivity index is 1.65. The summed E-state index contributed by atoms with van der Waals surface area (Å²) in [6, 6.07) is 5.52. The molecule has 0 bridgehead atoms. The van der Waals surface area contributed by atoms with Crippen molar-refractivity contribution in [2.24, 2.45) is 0 Å². The maximum Gasteiger partial charge on any atom is 0.255 e. The number of nitriles is 1. The summed E-state index contributed by atoms with van der Waals surface area (Å²) >= 11 is 0. The number of aromatic nitrogens is 4. The van der Waals surface area contributed by atoms with Crippen molar-refractivity contribution in [2.75, 3.05) is 25.1 Å². The number of anilines is 1. The zero-order valence-electron chi connectivity index (χ0n) is 19.0. The third kappa shape index (κ3) is 5.13. The van der Waals surface area contributed by atoms with E-state index in [1.54, 1.807) is 18.3 Å². The number of carbonyl (C=O) groups excluding carboxylic acids is 1. The predicted octanol–water partition coefficient (Wildman–Crippen LogP) is 2.12. The van der Waals surface area contributed by atoms with Crippen LogP contribution < -0.4 is 10.6 Å². The largest absolute Gasteiger partial charge is 0.387 e. The summed E-state index contributed by atoms with van der Waals surface area (Å²) in [5, 5.41) is 29.9. The molecule has 1 fully saturated rings. The molecule has 3 N–H and O–H groups in total. The number of amides is 1. The van der Waals surface area contributed by atoms with Crippen molar-refractivity contribution >= 4 is 22.6 Å². The van der Waals surface area contributed by atoms with Gasteiger partial charge in [-0.2, -0.15) is 15.0 Å². The van der Waals surface area contributed by atoms with Crippen molar-refractivity contribution in [1.29, 1.82) is 5.26 Å². The summed E-state index contributed by atoms with van der Waals surface area (Å²) in [7, 11) is 0. The van der Waals surface area contributed by atoms with Crippen LogP contribution in [0.25, 0.3) is 16.9 Å². The van der Waals surface area contributed by atoms with E-state index in [4.69, 9.17) is 10.00 Å². The molecule has 1 aliphatic rings. The van der Waals surface area contributed by atoms with Crippen molar-refractivity contribution < 1.29 is 19.0 Å². The molecule has 1 saturated heterocycles. The average molecular weight is 468 g/mol. The SMILES string of the molecule is CC(C)(O)C(F)CNC(=O)c1cnc(-n2ncc3cc(C#N)cnc32)cc1NC1CCOCC1. The maximum absolute atomic E-state index is 14.2. The van der Waals surface area contributed by atoms with Crippen LogP contribution in [0.2, 0.25) is 0 Å². The van der Waals surface area contributed by atoms with Gasteiger partial charge < -0.3 is 20.5 Å². The van der Waals surface area contributed by atoms with Crippen molar-refractivity contribution in [3.05, 3.63) is 41.9 Å². The number of nitrogens with one attached hydrogen (secondary N) is 2. The van der Waals surface area contributed by atoms with Gasteiger partial charge in [-0.3, -0.25) is 4.79 Å². The molecule has 1 aliphatic heterocycles. The number of ether oxygens (including phenoxy) is 1. The van der Waals surface area contributed by atoms with E-state index < -0.39 is 17.7 Å². The fourth-order valence-corrected chi connectivity index (χ4v) is 3.60. The standard InChI is InChI=1S/C23H26FN7O3/c1-23(2,33)19(24)13-28-22(32)17-12-26-20(8-18(17)30-16-3-5-34-6-4-16)31-21-15(11-29-31)7-14(9-25)10-27-21/h7-8,10-12,16,19,33H,3-6,13H2,1-2H3,(H,26,30)(H,28,32). The molecule has 0 saturated carbocycles. The lowest BCUT2D eigenvalue weighted by atomic mass is 10.0. The van der Waals surface area contributed by atoms with Gasteiger partial charge in [0.05, 0.1) is 35.2 Å². The van der Waals surface area contributed by atoms with Crippen LogP contribution in [0.3, 0.4) is 0 Å². The molecule has 0 radical (unpaired) electrons. The first-order valence-electron chi connectivity index (χ1n) is 11.0. The number of nitrogens with zero attached hydrogens (tertiary/aromatic N) is 5. The van der Waals surface area contributed by atoms with E-state index in [0.717, 1.165) is 12.8 Å². The third-order valence-corrected chi connectivity index (χ3v) is 5.68. The first-order valence-corrected chi connectivity index (χ1v) is 11.0. The second-order valence-corrected chi connectivity index (χ2v) is 8.76. The molecule has 0 aromatic carbocycles. The Bertz CT molecular complexity index is 1230. The van der Waals surface area contributed by atoms with Gasteiger partial charge >= 0.3 is 0 Å². The van der Waals surface area contributed by atoms with Crippen molar-refractivity contribution in [3.8, 4) is 11.9 Å². The van der Waals surface area contributed by atoms with Crippen LogP contribution in [0, 0.1) is 11.3 Å². The highest BCUT2D eigenvalue weighted by Gasteiger charge is 2.27. The van der Waals surface area contributed by atoms with Crippen LogP contribution >= 0.6 is 0 Å². The van der Waals surface area contributed by atoms with Crippen molar-refractivity contribution in [1.82, 2.24) is 25.1 Å². The number of rotatable bonds is 7. The molecule has 1 unspecified atom stereocenters. The zero-order chi connectivity index (χ0) is 24.3. The summed E-state index contributed by atoms with van der Waals surface area (Å²) in [5.41, 5.74) is 0.134. The number of aliphatic hydroxyl groups is 1. The Hall–Kier alpha value is -3.62. The molecular weight excluding hydrogens is 441 g/mol. The van der Waals surface area contributed by atoms with Crippen molar-refractivity contribution in [2.45, 2.75) is 44.5 Å². The quantitative estimate of drug-likeness (QED) is 0.480. The van der Waals surface area contributed by atoms with E-state index in [1.807, 2.05) is 6.07 Å². The van der Waals surface area contributed by atoms with Gasteiger partial charge in [-0.1, -0.05) is 0 Å². The molecule has 4 rings (SSSR count). The van der Waals surface area contributed by atoms with Gasteiger partial charge in [0.1, 0.15) is 12.2 Å². The van der Waals surface area contributed by atoms with Gasteiger partial charge in [0.2, 0.25) is 0 Å². The molecule has 0 spiro atoms. The number of alkyl halides is 1. The van der Waals surface area contributed by atoms with Gasteiger partial charge in [0, 0.05) is 43.1 Å². The number of fused-ring (bicyclic) bond motifs is 1. The van der Waals surface area contributed by atoms with Gasteiger partial charge in [0.25, 0.3) is 5.91 Å². The Kier molecular flexibility index (Phi) is 6.72. The van der Waals surface area contributed by atoms with E-state index in [-0.39, 0.29) is 18.2 Å². The number of halogens is 1. The topological polar surface area (TPSA) is 138 Å². The number of hydrogen-bond donors (Lipinski definition) is 3. The van der Waals surface area contributed by atoms with Crippen LogP contribution in [-0.2, 0) is 4.74 Å². The van der Waals surface area contributed by atoms with E-state index in [9.17, 15) is 14.3 Å². The fourth-order valence-electron chi connectivity index (χ4n) is 3.60. The molecular formula is C23H26FN7O3. The zero-order valence-corrected chi connectivity index (χ0v) is 19.0. The lowest BCUT2D eigenvalue weighted by Crippen LogP contribution is -2.42. The van der Waals surface area contributed by atoms with Gasteiger partial charge in [-0.25, -0.2) is 14.4 Å². The first kappa shape index (κ1) is 23.5. The summed E-state index contributed by atoms with van der Waals surface area (Å²) in [6.45, 7) is 3.58. The summed E-state index contributed by atoms with van der Waals surface area (Å²) in [5.74, 6) is -0.0826. The molecule has 4 heterocycles. The lowest BCUT2D eigenvalue weighted by molar-refractivity contribution is -0.00177. The minimum atomic E-state index is -1.63. The molecule has 1 atom stereocenters. The molecule has 34 heavy (non-hydrogen) atoms. The first-order chi connectivity index (χ1) is 16.3. The predicted molar refractivity (Wildman–Crippen MR) is 122 cm³/mol. The highest BCUT2D eigenvalue weighted by molar-refractivity contribution is 5.99. The third-order valence-electron chi connectivity index (χ3n) is 5.68. The Morgan fingerprint density at radius 2 is 2.09 bits per heavy atom. The van der Waals surface area contributed by atoms with Crippen molar-refractivity contribution in [3.63, 3.8) is 0 Å². The molecule has 3 aromatic rings. The van der Waals surface area contributed by atoms with E-state index in [2.05, 4.69) is 25.7 Å². The van der Waals surface area contributed by atoms with Gasteiger partial charge in [-0.05, 0) is 32.8 Å². The molecule has 3 aromatic heterocycles. The van der Waals surface area contributed by atoms with E-state index >= 15 is 0 Å². The number of carbonyl (C=O) groups is 1. The Morgan fingerprint density at radius 3 is 2.79 bits per heavy atom. The maximum atomic E-state index is 14.2. The fraction of sp³-hybridized carbons (Fsp3) is 0.435. The molecule has 0 aliphatic carbocycles. The molecule has 178 valence electrons. The molecule has 11 heteroatoms. The van der Waals surface area contributed by atoms with E-state index in [0.29, 0.717) is 41.3 Å². The molecule has 1 amide bonds. The monoisotopic (exact) mass is 467 g/mol. The minimum absolute atomic E-state index is 0.0894. The second kappa shape index (κ2) is 9.70. The Labute approximate surface area is 195 Å². The van der Waals surface area contributed by atoms with Crippen LogP contribution in [-0.4, -0.2) is 68.3 Å².